The summed E-state index contributed by atoms with van der Waals surface area (Å²) < 4.78 is 31.6. The van der Waals surface area contributed by atoms with Gasteiger partial charge in [-0.2, -0.15) is 0 Å². The molecule has 0 saturated carbocycles. The first-order chi connectivity index (χ1) is 16.8. The summed E-state index contributed by atoms with van der Waals surface area (Å²) in [5.74, 6) is -4.08. The maximum absolute atomic E-state index is 12.8. The number of sulfonamides is 1. The fourth-order valence-electron chi connectivity index (χ4n) is 3.87. The number of rotatable bonds is 9. The summed E-state index contributed by atoms with van der Waals surface area (Å²) in [5.41, 5.74) is 0.820. The van der Waals surface area contributed by atoms with Gasteiger partial charge in [0.2, 0.25) is 17.6 Å². The maximum Gasteiger partial charge on any atom is 0.290 e. The zero-order chi connectivity index (χ0) is 26.8. The van der Waals surface area contributed by atoms with Crippen molar-refractivity contribution < 1.29 is 32.1 Å². The van der Waals surface area contributed by atoms with Gasteiger partial charge in [0.1, 0.15) is 11.6 Å². The number of nitrogens with zero attached hydrogens (tertiary/aromatic N) is 3. The van der Waals surface area contributed by atoms with Gasteiger partial charge in [0.15, 0.2) is 10.7 Å². The van der Waals surface area contributed by atoms with Crippen LogP contribution < -0.4 is 4.72 Å². The summed E-state index contributed by atoms with van der Waals surface area (Å²) in [7, 11) is -2.65. The van der Waals surface area contributed by atoms with Gasteiger partial charge in [-0.1, -0.05) is 34.4 Å². The van der Waals surface area contributed by atoms with Crippen molar-refractivity contribution in [2.24, 2.45) is 5.92 Å². The smallest absolute Gasteiger partial charge is 0.290 e. The second-order valence-electron chi connectivity index (χ2n) is 8.40. The average Bonchev–Trinajstić information content (AvgIpc) is 3.28. The van der Waals surface area contributed by atoms with Crippen LogP contribution in [0.3, 0.4) is 0 Å². The standard InChI is InChI=1S/C22H24Cl2N4O7S/c1-12-20(13(2)35-25-12)36(33,34)26-18(29)5-4-8-28-11-15(19(30)22(28)32)21(31)27(3)10-14-6-7-16(23)17(24)9-14/h6-7,9,15H,4-5,8,10-11H2,1-3H3,(H,26,29). The number of aromatic nitrogens is 1. The van der Waals surface area contributed by atoms with Gasteiger partial charge >= 0.3 is 0 Å². The van der Waals surface area contributed by atoms with Gasteiger partial charge in [0.25, 0.3) is 15.9 Å². The van der Waals surface area contributed by atoms with Crippen LogP contribution in [0.4, 0.5) is 0 Å². The molecule has 1 saturated heterocycles. The molecule has 1 aromatic carbocycles. The van der Waals surface area contributed by atoms with Crippen molar-refractivity contribution in [2.45, 2.75) is 38.1 Å². The highest BCUT2D eigenvalue weighted by molar-refractivity contribution is 7.90. The molecule has 1 unspecified atom stereocenters. The van der Waals surface area contributed by atoms with Gasteiger partial charge < -0.3 is 14.3 Å². The molecule has 0 aliphatic carbocycles. The van der Waals surface area contributed by atoms with E-state index in [9.17, 15) is 27.6 Å². The largest absolute Gasteiger partial charge is 0.360 e. The summed E-state index contributed by atoms with van der Waals surface area (Å²) in [4.78, 5) is 52.1. The fourth-order valence-corrected chi connectivity index (χ4v) is 5.54. The number of hydrogen-bond acceptors (Lipinski definition) is 8. The molecule has 1 fully saturated rings. The Morgan fingerprint density at radius 1 is 1.22 bits per heavy atom. The minimum absolute atomic E-state index is 0.00362. The topological polar surface area (TPSA) is 147 Å². The summed E-state index contributed by atoms with van der Waals surface area (Å²) >= 11 is 11.9. The maximum atomic E-state index is 12.8. The quantitative estimate of drug-likeness (QED) is 0.362. The van der Waals surface area contributed by atoms with Gasteiger partial charge in [-0.25, -0.2) is 13.1 Å². The van der Waals surface area contributed by atoms with Gasteiger partial charge in [-0.3, -0.25) is 19.2 Å². The Morgan fingerprint density at radius 3 is 2.53 bits per heavy atom. The molecule has 3 rings (SSSR count). The van der Waals surface area contributed by atoms with E-state index in [1.165, 1.54) is 30.7 Å². The first kappa shape index (κ1) is 27.6. The third-order valence-electron chi connectivity index (χ3n) is 5.61. The molecule has 36 heavy (non-hydrogen) atoms. The molecule has 0 radical (unpaired) electrons. The van der Waals surface area contributed by atoms with Gasteiger partial charge in [-0.05, 0) is 38.0 Å². The number of ketones is 1. The molecule has 11 nitrogen and oxygen atoms in total. The van der Waals surface area contributed by atoms with Gasteiger partial charge in [-0.15, -0.1) is 0 Å². The lowest BCUT2D eigenvalue weighted by molar-refractivity contribution is -0.144. The van der Waals surface area contributed by atoms with E-state index >= 15 is 0 Å². The molecule has 1 N–H and O–H groups in total. The van der Waals surface area contributed by atoms with E-state index < -0.39 is 39.4 Å². The predicted octanol–water partition coefficient (Wildman–Crippen LogP) is 1.87. The molecular weight excluding hydrogens is 535 g/mol. The van der Waals surface area contributed by atoms with E-state index in [4.69, 9.17) is 27.7 Å². The second-order valence-corrected chi connectivity index (χ2v) is 10.8. The van der Waals surface area contributed by atoms with Crippen LogP contribution in [-0.4, -0.2) is 67.0 Å². The zero-order valence-electron chi connectivity index (χ0n) is 19.7. The highest BCUT2D eigenvalue weighted by Gasteiger charge is 2.43. The lowest BCUT2D eigenvalue weighted by atomic mass is 10.1. The Balaban J connectivity index is 1.53. The number of likely N-dealkylation sites (tertiary alicyclic amines) is 1. The predicted molar refractivity (Wildman–Crippen MR) is 129 cm³/mol. The number of carbonyl (C=O) groups excluding carboxylic acids is 4. The Bertz CT molecular complexity index is 1310. The Morgan fingerprint density at radius 2 is 1.92 bits per heavy atom. The highest BCUT2D eigenvalue weighted by Crippen LogP contribution is 2.24. The Kier molecular flexibility index (Phi) is 8.42. The molecule has 1 aliphatic heterocycles. The van der Waals surface area contributed by atoms with Crippen LogP contribution in [0, 0.1) is 19.8 Å². The summed E-state index contributed by atoms with van der Waals surface area (Å²) in [6.07, 6.45) is -0.140. The molecule has 2 aromatic rings. The van der Waals surface area contributed by atoms with Gasteiger partial charge in [0.05, 0.1) is 10.0 Å². The van der Waals surface area contributed by atoms with E-state index in [1.807, 2.05) is 4.72 Å². The van der Waals surface area contributed by atoms with Gasteiger partial charge in [0, 0.05) is 33.1 Å². The molecule has 0 bridgehead atoms. The van der Waals surface area contributed by atoms with E-state index in [1.54, 1.807) is 18.2 Å². The van der Waals surface area contributed by atoms with E-state index in [0.717, 1.165) is 0 Å². The van der Waals surface area contributed by atoms with Crippen molar-refractivity contribution in [2.75, 3.05) is 20.1 Å². The molecule has 0 spiro atoms. The monoisotopic (exact) mass is 558 g/mol. The van der Waals surface area contributed by atoms with Crippen molar-refractivity contribution in [1.29, 1.82) is 0 Å². The lowest BCUT2D eigenvalue weighted by Crippen LogP contribution is -2.36. The molecule has 1 aromatic heterocycles. The number of hydrogen-bond donors (Lipinski definition) is 1. The Hall–Kier alpha value is -2.96. The van der Waals surface area contributed by atoms with Crippen molar-refractivity contribution >= 4 is 56.7 Å². The number of aryl methyl sites for hydroxylation is 2. The summed E-state index contributed by atoms with van der Waals surface area (Å²) in [6, 6.07) is 4.90. The van der Waals surface area contributed by atoms with Crippen LogP contribution in [0.1, 0.15) is 29.9 Å². The normalized spacial score (nSPS) is 15.9. The minimum Gasteiger partial charge on any atom is -0.360 e. The number of halogens is 2. The van der Waals surface area contributed by atoms with Crippen molar-refractivity contribution in [1.82, 2.24) is 19.7 Å². The number of nitrogens with one attached hydrogen (secondary N) is 1. The summed E-state index contributed by atoms with van der Waals surface area (Å²) in [5, 5.41) is 4.26. The molecule has 2 heterocycles. The first-order valence-electron chi connectivity index (χ1n) is 10.8. The number of carbonyl (C=O) groups is 4. The molecule has 1 aliphatic rings. The van der Waals surface area contributed by atoms with E-state index in [-0.39, 0.29) is 48.8 Å². The number of benzene rings is 1. The number of Topliss-reactive ketones (excluding diaryl/α,β-unsaturated/α-hetero) is 1. The number of amides is 3. The van der Waals surface area contributed by atoms with Crippen LogP contribution in [0.2, 0.25) is 10.0 Å². The molecule has 3 amide bonds. The molecule has 14 heteroatoms. The van der Waals surface area contributed by atoms with Crippen molar-refractivity contribution in [3.63, 3.8) is 0 Å². The van der Waals surface area contributed by atoms with Crippen molar-refractivity contribution in [3.05, 3.63) is 45.3 Å². The van der Waals surface area contributed by atoms with Crippen LogP contribution in [0.5, 0.6) is 0 Å². The summed E-state index contributed by atoms with van der Waals surface area (Å²) in [6.45, 7) is 2.89. The fraction of sp³-hybridized carbons (Fsp3) is 0.409. The highest BCUT2D eigenvalue weighted by atomic mass is 35.5. The SMILES string of the molecule is Cc1noc(C)c1S(=O)(=O)NC(=O)CCCN1CC(C(=O)N(C)Cc2ccc(Cl)c(Cl)c2)C(=O)C1=O. The van der Waals surface area contributed by atoms with Crippen molar-refractivity contribution in [3.8, 4) is 0 Å². The van der Waals surface area contributed by atoms with Crippen LogP contribution in [-0.2, 0) is 35.7 Å². The second kappa shape index (κ2) is 11.0. The van der Waals surface area contributed by atoms with Crippen LogP contribution in [0.25, 0.3) is 0 Å². The lowest BCUT2D eigenvalue weighted by Gasteiger charge is -2.21. The molecule has 1 atom stereocenters. The first-order valence-corrected chi connectivity index (χ1v) is 13.1. The van der Waals surface area contributed by atoms with Crippen LogP contribution in [0.15, 0.2) is 27.6 Å². The third-order valence-corrected chi connectivity index (χ3v) is 7.97. The molecule has 194 valence electrons. The third kappa shape index (κ3) is 6.05. The minimum atomic E-state index is -4.16. The van der Waals surface area contributed by atoms with E-state index in [0.29, 0.717) is 15.6 Å². The van der Waals surface area contributed by atoms with E-state index in [2.05, 4.69) is 5.16 Å². The van der Waals surface area contributed by atoms with Crippen LogP contribution >= 0.6 is 23.2 Å². The Labute approximate surface area is 217 Å². The zero-order valence-corrected chi connectivity index (χ0v) is 22.0. The molecular formula is C22H24Cl2N4O7S. The average molecular weight is 559 g/mol.